The van der Waals surface area contributed by atoms with Crippen LogP contribution in [0.15, 0.2) is 48.7 Å². The van der Waals surface area contributed by atoms with Crippen LogP contribution >= 0.6 is 0 Å². The fourth-order valence-electron chi connectivity index (χ4n) is 3.09. The standard InChI is InChI=1S/C22H20F3N3O3/c1-28(2)12-13-6-15(9-17(7-13)22(23,24)25)20(29)27-18-4-5-19-14(10-18)8-16(11-26-19)21(30)31-3/h4-11H,12H2,1-3H3,(H,27,29). The molecule has 1 aromatic heterocycles. The summed E-state index contributed by atoms with van der Waals surface area (Å²) in [6, 6.07) is 9.65. The molecule has 31 heavy (non-hydrogen) atoms. The Bertz CT molecular complexity index is 1140. The van der Waals surface area contributed by atoms with Crippen LogP contribution in [-0.4, -0.2) is 43.0 Å². The number of anilines is 1. The summed E-state index contributed by atoms with van der Waals surface area (Å²) in [7, 11) is 4.71. The molecule has 0 bridgehead atoms. The predicted octanol–water partition coefficient (Wildman–Crippen LogP) is 4.35. The number of alkyl halides is 3. The fraction of sp³-hybridized carbons (Fsp3) is 0.227. The second kappa shape index (κ2) is 8.73. The van der Waals surface area contributed by atoms with Crippen molar-refractivity contribution in [2.75, 3.05) is 26.5 Å². The molecule has 0 saturated carbocycles. The van der Waals surface area contributed by atoms with E-state index < -0.39 is 23.6 Å². The Balaban J connectivity index is 1.92. The van der Waals surface area contributed by atoms with E-state index in [4.69, 9.17) is 0 Å². The molecule has 0 radical (unpaired) electrons. The molecule has 3 rings (SSSR count). The SMILES string of the molecule is COC(=O)c1cnc2ccc(NC(=O)c3cc(CN(C)C)cc(C(F)(F)F)c3)cc2c1. The number of rotatable bonds is 5. The van der Waals surface area contributed by atoms with Crippen molar-refractivity contribution < 1.29 is 27.5 Å². The number of ether oxygens (including phenoxy) is 1. The van der Waals surface area contributed by atoms with Gasteiger partial charge in [0.15, 0.2) is 0 Å². The van der Waals surface area contributed by atoms with E-state index in [1.165, 1.54) is 19.4 Å². The summed E-state index contributed by atoms with van der Waals surface area (Å²) < 4.78 is 44.5. The third-order valence-electron chi connectivity index (χ3n) is 4.44. The van der Waals surface area contributed by atoms with Gasteiger partial charge in [-0.1, -0.05) is 0 Å². The van der Waals surface area contributed by atoms with E-state index in [1.807, 2.05) is 0 Å². The third kappa shape index (κ3) is 5.37. The Morgan fingerprint density at radius 2 is 1.81 bits per heavy atom. The maximum atomic E-state index is 13.3. The zero-order valence-corrected chi connectivity index (χ0v) is 17.1. The van der Waals surface area contributed by atoms with E-state index in [1.54, 1.807) is 43.3 Å². The van der Waals surface area contributed by atoms with E-state index in [-0.39, 0.29) is 17.7 Å². The minimum absolute atomic E-state index is 0.104. The van der Waals surface area contributed by atoms with E-state index in [9.17, 15) is 22.8 Å². The first-order valence-corrected chi connectivity index (χ1v) is 9.22. The number of hydrogen-bond donors (Lipinski definition) is 1. The quantitative estimate of drug-likeness (QED) is 0.608. The lowest BCUT2D eigenvalue weighted by molar-refractivity contribution is -0.137. The molecular weight excluding hydrogens is 411 g/mol. The van der Waals surface area contributed by atoms with Crippen molar-refractivity contribution in [3.8, 4) is 0 Å². The Morgan fingerprint density at radius 3 is 2.45 bits per heavy atom. The molecule has 1 amide bonds. The number of hydrogen-bond acceptors (Lipinski definition) is 5. The van der Waals surface area contributed by atoms with Gasteiger partial charge in [0.2, 0.25) is 0 Å². The molecule has 0 aliphatic heterocycles. The lowest BCUT2D eigenvalue weighted by Crippen LogP contribution is -2.17. The number of halogens is 3. The van der Waals surface area contributed by atoms with Gasteiger partial charge in [-0.2, -0.15) is 13.2 Å². The summed E-state index contributed by atoms with van der Waals surface area (Å²) >= 11 is 0. The lowest BCUT2D eigenvalue weighted by atomic mass is 10.0. The molecule has 162 valence electrons. The number of methoxy groups -OCH3 is 1. The van der Waals surface area contributed by atoms with Crippen LogP contribution in [0.2, 0.25) is 0 Å². The monoisotopic (exact) mass is 431 g/mol. The van der Waals surface area contributed by atoms with Crippen molar-refractivity contribution in [3.63, 3.8) is 0 Å². The second-order valence-corrected chi connectivity index (χ2v) is 7.23. The van der Waals surface area contributed by atoms with Gasteiger partial charge < -0.3 is 15.0 Å². The number of carbonyl (C=O) groups is 2. The third-order valence-corrected chi connectivity index (χ3v) is 4.44. The Hall–Kier alpha value is -3.46. The zero-order valence-electron chi connectivity index (χ0n) is 17.1. The van der Waals surface area contributed by atoms with Crippen LogP contribution in [0.3, 0.4) is 0 Å². The number of pyridine rings is 1. The maximum absolute atomic E-state index is 13.3. The van der Waals surface area contributed by atoms with Crippen LogP contribution in [0.1, 0.15) is 31.8 Å². The molecule has 0 spiro atoms. The number of fused-ring (bicyclic) bond motifs is 1. The first kappa shape index (κ1) is 22.2. The number of amides is 1. The number of nitrogens with zero attached hydrogens (tertiary/aromatic N) is 2. The molecule has 0 atom stereocenters. The van der Waals surface area contributed by atoms with Crippen molar-refractivity contribution in [1.29, 1.82) is 0 Å². The average molecular weight is 431 g/mol. The van der Waals surface area contributed by atoms with Crippen LogP contribution in [0.5, 0.6) is 0 Å². The summed E-state index contributed by atoms with van der Waals surface area (Å²) in [4.78, 5) is 30.3. The summed E-state index contributed by atoms with van der Waals surface area (Å²) in [6.45, 7) is 0.252. The van der Waals surface area contributed by atoms with Gasteiger partial charge in [-0.15, -0.1) is 0 Å². The van der Waals surface area contributed by atoms with Crippen LogP contribution in [0, 0.1) is 0 Å². The molecule has 9 heteroatoms. The van der Waals surface area contributed by atoms with Gasteiger partial charge in [0, 0.05) is 29.4 Å². The molecule has 6 nitrogen and oxygen atoms in total. The van der Waals surface area contributed by atoms with Crippen LogP contribution < -0.4 is 5.32 Å². The second-order valence-electron chi connectivity index (χ2n) is 7.23. The molecule has 0 fully saturated rings. The van der Waals surface area contributed by atoms with Gasteiger partial charge in [0.05, 0.1) is 23.8 Å². The van der Waals surface area contributed by atoms with E-state index in [0.717, 1.165) is 12.1 Å². The van der Waals surface area contributed by atoms with Crippen LogP contribution in [0.4, 0.5) is 18.9 Å². The highest BCUT2D eigenvalue weighted by atomic mass is 19.4. The molecule has 3 aromatic rings. The Morgan fingerprint density at radius 1 is 1.06 bits per heavy atom. The Kier molecular flexibility index (Phi) is 6.26. The molecular formula is C22H20F3N3O3. The number of esters is 1. The highest BCUT2D eigenvalue weighted by Crippen LogP contribution is 2.31. The summed E-state index contributed by atoms with van der Waals surface area (Å²) in [5, 5.41) is 3.18. The first-order chi connectivity index (χ1) is 14.6. The minimum atomic E-state index is -4.57. The van der Waals surface area contributed by atoms with Gasteiger partial charge in [0.25, 0.3) is 5.91 Å². The van der Waals surface area contributed by atoms with E-state index in [2.05, 4.69) is 15.0 Å². The van der Waals surface area contributed by atoms with Gasteiger partial charge in [-0.3, -0.25) is 9.78 Å². The smallest absolute Gasteiger partial charge is 0.416 e. The molecule has 2 aromatic carbocycles. The molecule has 0 unspecified atom stereocenters. The highest BCUT2D eigenvalue weighted by Gasteiger charge is 2.31. The fourth-order valence-corrected chi connectivity index (χ4v) is 3.09. The number of nitrogens with one attached hydrogen (secondary N) is 1. The van der Waals surface area contributed by atoms with Gasteiger partial charge >= 0.3 is 12.1 Å². The van der Waals surface area contributed by atoms with Crippen molar-refractivity contribution in [3.05, 3.63) is 70.9 Å². The predicted molar refractivity (Wildman–Crippen MR) is 110 cm³/mol. The van der Waals surface area contributed by atoms with Crippen molar-refractivity contribution >= 4 is 28.5 Å². The number of carbonyl (C=O) groups excluding carboxylic acids is 2. The first-order valence-electron chi connectivity index (χ1n) is 9.22. The molecule has 1 N–H and O–H groups in total. The van der Waals surface area contributed by atoms with Crippen molar-refractivity contribution in [2.24, 2.45) is 0 Å². The summed E-state index contributed by atoms with van der Waals surface area (Å²) in [5.74, 6) is -1.23. The largest absolute Gasteiger partial charge is 0.465 e. The number of benzene rings is 2. The van der Waals surface area contributed by atoms with Gasteiger partial charge in [0.1, 0.15) is 0 Å². The van der Waals surface area contributed by atoms with Crippen LogP contribution in [0.25, 0.3) is 10.9 Å². The number of aromatic nitrogens is 1. The van der Waals surface area contributed by atoms with E-state index >= 15 is 0 Å². The van der Waals surface area contributed by atoms with Crippen LogP contribution in [-0.2, 0) is 17.5 Å². The molecule has 1 heterocycles. The summed E-state index contributed by atoms with van der Waals surface area (Å²) in [5.41, 5.74) is 0.557. The molecule has 0 aliphatic carbocycles. The van der Waals surface area contributed by atoms with E-state index in [0.29, 0.717) is 22.2 Å². The normalized spacial score (nSPS) is 11.6. The van der Waals surface area contributed by atoms with Gasteiger partial charge in [-0.25, -0.2) is 4.79 Å². The molecule has 0 saturated heterocycles. The highest BCUT2D eigenvalue weighted by molar-refractivity contribution is 6.05. The topological polar surface area (TPSA) is 71.5 Å². The Labute approximate surface area is 176 Å². The van der Waals surface area contributed by atoms with Gasteiger partial charge in [-0.05, 0) is 62.1 Å². The zero-order chi connectivity index (χ0) is 22.8. The molecule has 0 aliphatic rings. The average Bonchev–Trinajstić information content (AvgIpc) is 2.71. The van der Waals surface area contributed by atoms with Crippen molar-refractivity contribution in [2.45, 2.75) is 12.7 Å². The van der Waals surface area contributed by atoms with Crippen molar-refractivity contribution in [1.82, 2.24) is 9.88 Å². The lowest BCUT2D eigenvalue weighted by Gasteiger charge is -2.15. The summed E-state index contributed by atoms with van der Waals surface area (Å²) in [6.07, 6.45) is -3.20. The minimum Gasteiger partial charge on any atom is -0.465 e. The maximum Gasteiger partial charge on any atom is 0.416 e.